The van der Waals surface area contributed by atoms with Crippen LogP contribution in [0.15, 0.2) is 18.5 Å². The van der Waals surface area contributed by atoms with Gasteiger partial charge in [0.1, 0.15) is 24.0 Å². The SMILES string of the molecule is Nc1ncc2ccn(C3OC(CO)C(O)C3O)c2n1. The molecule has 3 heterocycles. The van der Waals surface area contributed by atoms with Gasteiger partial charge in [-0.25, -0.2) is 4.98 Å². The van der Waals surface area contributed by atoms with E-state index in [4.69, 9.17) is 15.6 Å². The average Bonchev–Trinajstić information content (AvgIpc) is 2.92. The van der Waals surface area contributed by atoms with Crippen LogP contribution < -0.4 is 5.73 Å². The summed E-state index contributed by atoms with van der Waals surface area (Å²) in [6.45, 7) is -0.370. The quantitative estimate of drug-likeness (QED) is 0.528. The number of anilines is 1. The molecule has 102 valence electrons. The van der Waals surface area contributed by atoms with Crippen molar-refractivity contribution < 1.29 is 20.1 Å². The van der Waals surface area contributed by atoms with Gasteiger partial charge in [0.15, 0.2) is 6.23 Å². The average molecular weight is 266 g/mol. The molecule has 0 spiro atoms. The van der Waals surface area contributed by atoms with E-state index in [1.54, 1.807) is 23.0 Å². The van der Waals surface area contributed by atoms with E-state index in [0.29, 0.717) is 5.65 Å². The second-order valence-corrected chi connectivity index (χ2v) is 4.46. The molecule has 1 fully saturated rings. The van der Waals surface area contributed by atoms with Crippen LogP contribution in [0.1, 0.15) is 6.23 Å². The maximum Gasteiger partial charge on any atom is 0.221 e. The van der Waals surface area contributed by atoms with Gasteiger partial charge in [0, 0.05) is 17.8 Å². The standard InChI is InChI=1S/C11H14N4O4/c12-11-13-3-5-1-2-15(9(5)14-11)10-8(18)7(17)6(4-16)19-10/h1-3,6-8,10,16-18H,4H2,(H2,12,13,14). The monoisotopic (exact) mass is 266 g/mol. The molecule has 1 aliphatic heterocycles. The molecule has 0 aromatic carbocycles. The smallest absolute Gasteiger partial charge is 0.221 e. The van der Waals surface area contributed by atoms with Crippen molar-refractivity contribution >= 4 is 17.0 Å². The summed E-state index contributed by atoms with van der Waals surface area (Å²) in [7, 11) is 0. The third kappa shape index (κ3) is 1.85. The Bertz CT molecular complexity index is 601. The summed E-state index contributed by atoms with van der Waals surface area (Å²) >= 11 is 0. The minimum atomic E-state index is -1.15. The van der Waals surface area contributed by atoms with Crippen LogP contribution in [0.3, 0.4) is 0 Å². The van der Waals surface area contributed by atoms with Gasteiger partial charge < -0.3 is 30.4 Å². The number of nitrogen functional groups attached to an aromatic ring is 1. The molecule has 0 amide bonds. The van der Waals surface area contributed by atoms with Crippen LogP contribution in [0, 0.1) is 0 Å². The van der Waals surface area contributed by atoms with Gasteiger partial charge in [-0.2, -0.15) is 4.98 Å². The Labute approximate surface area is 108 Å². The molecule has 0 aliphatic carbocycles. The first-order valence-corrected chi connectivity index (χ1v) is 5.83. The van der Waals surface area contributed by atoms with E-state index in [2.05, 4.69) is 9.97 Å². The molecule has 19 heavy (non-hydrogen) atoms. The first-order valence-electron chi connectivity index (χ1n) is 5.83. The number of aliphatic hydroxyl groups is 3. The lowest BCUT2D eigenvalue weighted by atomic mass is 10.1. The molecule has 0 bridgehead atoms. The zero-order valence-electron chi connectivity index (χ0n) is 9.92. The highest BCUT2D eigenvalue weighted by atomic mass is 16.6. The Balaban J connectivity index is 2.03. The molecule has 5 N–H and O–H groups in total. The Hall–Kier alpha value is -1.74. The lowest BCUT2D eigenvalue weighted by Crippen LogP contribution is -2.33. The Morgan fingerprint density at radius 2 is 2.16 bits per heavy atom. The second kappa shape index (κ2) is 4.42. The van der Waals surface area contributed by atoms with Crippen LogP contribution in [0.25, 0.3) is 11.0 Å². The summed E-state index contributed by atoms with van der Waals surface area (Å²) in [6, 6.07) is 1.75. The molecule has 3 rings (SSSR count). The second-order valence-electron chi connectivity index (χ2n) is 4.46. The van der Waals surface area contributed by atoms with Crippen molar-refractivity contribution in [2.45, 2.75) is 24.5 Å². The van der Waals surface area contributed by atoms with Gasteiger partial charge in [-0.05, 0) is 6.07 Å². The number of hydrogen-bond acceptors (Lipinski definition) is 7. The van der Waals surface area contributed by atoms with Crippen molar-refractivity contribution in [1.29, 1.82) is 0 Å². The normalized spacial score (nSPS) is 31.1. The molecule has 4 atom stereocenters. The van der Waals surface area contributed by atoms with Crippen molar-refractivity contribution in [1.82, 2.24) is 14.5 Å². The van der Waals surface area contributed by atoms with Crippen LogP contribution in [-0.4, -0.2) is 54.8 Å². The van der Waals surface area contributed by atoms with E-state index >= 15 is 0 Å². The minimum Gasteiger partial charge on any atom is -0.394 e. The van der Waals surface area contributed by atoms with Crippen molar-refractivity contribution in [3.63, 3.8) is 0 Å². The van der Waals surface area contributed by atoms with Crippen LogP contribution in [0.5, 0.6) is 0 Å². The summed E-state index contributed by atoms with van der Waals surface area (Å²) in [5.74, 6) is 0.110. The molecular weight excluding hydrogens is 252 g/mol. The summed E-state index contributed by atoms with van der Waals surface area (Å²) in [5.41, 5.74) is 6.04. The molecule has 2 aromatic rings. The predicted molar refractivity (Wildman–Crippen MR) is 64.9 cm³/mol. The van der Waals surface area contributed by atoms with Crippen LogP contribution >= 0.6 is 0 Å². The van der Waals surface area contributed by atoms with Crippen LogP contribution in [0.2, 0.25) is 0 Å². The lowest BCUT2D eigenvalue weighted by molar-refractivity contribution is -0.0508. The summed E-state index contributed by atoms with van der Waals surface area (Å²) < 4.78 is 7.01. The number of fused-ring (bicyclic) bond motifs is 1. The van der Waals surface area contributed by atoms with Gasteiger partial charge in [-0.15, -0.1) is 0 Å². The van der Waals surface area contributed by atoms with E-state index in [1.165, 1.54) is 0 Å². The van der Waals surface area contributed by atoms with Crippen LogP contribution in [0.4, 0.5) is 5.95 Å². The third-order valence-electron chi connectivity index (χ3n) is 3.27. The Morgan fingerprint density at radius 3 is 2.84 bits per heavy atom. The van der Waals surface area contributed by atoms with Gasteiger partial charge in [0.2, 0.25) is 5.95 Å². The molecule has 0 saturated carbocycles. The summed E-state index contributed by atoms with van der Waals surface area (Å²) in [4.78, 5) is 7.96. The molecule has 0 radical (unpaired) electrons. The van der Waals surface area contributed by atoms with Crippen molar-refractivity contribution in [3.8, 4) is 0 Å². The molecule has 2 aromatic heterocycles. The number of aromatic nitrogens is 3. The molecule has 1 aliphatic rings. The van der Waals surface area contributed by atoms with Gasteiger partial charge in [0.25, 0.3) is 0 Å². The Kier molecular flexibility index (Phi) is 2.86. The fraction of sp³-hybridized carbons (Fsp3) is 0.455. The van der Waals surface area contributed by atoms with E-state index in [9.17, 15) is 10.2 Å². The molecule has 4 unspecified atom stereocenters. The number of nitrogens with zero attached hydrogens (tertiary/aromatic N) is 3. The minimum absolute atomic E-state index is 0.110. The highest BCUT2D eigenvalue weighted by Gasteiger charge is 2.43. The Morgan fingerprint density at radius 1 is 1.37 bits per heavy atom. The number of rotatable bonds is 2. The fourth-order valence-electron chi connectivity index (χ4n) is 2.27. The first kappa shape index (κ1) is 12.3. The topological polar surface area (TPSA) is 127 Å². The van der Waals surface area contributed by atoms with E-state index in [0.717, 1.165) is 5.39 Å². The largest absolute Gasteiger partial charge is 0.394 e. The van der Waals surface area contributed by atoms with Gasteiger partial charge in [0.05, 0.1) is 6.61 Å². The van der Waals surface area contributed by atoms with Crippen molar-refractivity contribution in [2.75, 3.05) is 12.3 Å². The highest BCUT2D eigenvalue weighted by Crippen LogP contribution is 2.31. The number of aliphatic hydroxyl groups excluding tert-OH is 3. The summed E-state index contributed by atoms with van der Waals surface area (Å²) in [5, 5.41) is 29.5. The predicted octanol–water partition coefficient (Wildman–Crippen LogP) is -1.38. The molecule has 1 saturated heterocycles. The molecule has 8 nitrogen and oxygen atoms in total. The van der Waals surface area contributed by atoms with Gasteiger partial charge in [-0.1, -0.05) is 0 Å². The van der Waals surface area contributed by atoms with E-state index in [-0.39, 0.29) is 12.6 Å². The van der Waals surface area contributed by atoms with Crippen LogP contribution in [-0.2, 0) is 4.74 Å². The van der Waals surface area contributed by atoms with Gasteiger partial charge in [-0.3, -0.25) is 0 Å². The lowest BCUT2D eigenvalue weighted by Gasteiger charge is -2.17. The first-order chi connectivity index (χ1) is 9.11. The number of nitrogens with two attached hydrogens (primary N) is 1. The fourth-order valence-corrected chi connectivity index (χ4v) is 2.27. The third-order valence-corrected chi connectivity index (χ3v) is 3.27. The molecular formula is C11H14N4O4. The number of hydrogen-bond donors (Lipinski definition) is 4. The highest BCUT2D eigenvalue weighted by molar-refractivity contribution is 5.76. The number of ether oxygens (including phenoxy) is 1. The maximum absolute atomic E-state index is 9.98. The van der Waals surface area contributed by atoms with E-state index in [1.807, 2.05) is 0 Å². The van der Waals surface area contributed by atoms with E-state index < -0.39 is 24.5 Å². The zero-order valence-corrected chi connectivity index (χ0v) is 9.92. The maximum atomic E-state index is 9.98. The van der Waals surface area contributed by atoms with Crippen molar-refractivity contribution in [2.24, 2.45) is 0 Å². The molecule has 8 heteroatoms. The summed E-state index contributed by atoms with van der Waals surface area (Å²) in [6.07, 6.45) is -0.708. The zero-order chi connectivity index (χ0) is 13.6. The van der Waals surface area contributed by atoms with Gasteiger partial charge >= 0.3 is 0 Å². The van der Waals surface area contributed by atoms with Crippen molar-refractivity contribution in [3.05, 3.63) is 18.5 Å².